The molecule has 124 valence electrons. The molecule has 4 nitrogen and oxygen atoms in total. The van der Waals surface area contributed by atoms with Crippen LogP contribution in [-0.2, 0) is 4.79 Å². The minimum atomic E-state index is -0.220. The Morgan fingerprint density at radius 1 is 1.19 bits per heavy atom. The molecular weight excluding hydrogens is 264 g/mol. The number of aliphatic hydroxyl groups is 1. The van der Waals surface area contributed by atoms with Gasteiger partial charge in [-0.3, -0.25) is 9.69 Å². The molecule has 21 heavy (non-hydrogen) atoms. The molecule has 1 heterocycles. The highest BCUT2D eigenvalue weighted by Gasteiger charge is 2.23. The minimum Gasteiger partial charge on any atom is -0.393 e. The third-order valence-electron chi connectivity index (χ3n) is 4.51. The maximum absolute atomic E-state index is 12.0. The van der Waals surface area contributed by atoms with E-state index in [0.717, 1.165) is 38.3 Å². The maximum atomic E-state index is 12.0. The highest BCUT2D eigenvalue weighted by atomic mass is 16.3. The van der Waals surface area contributed by atoms with Crippen LogP contribution in [0.1, 0.15) is 59.8 Å². The first-order chi connectivity index (χ1) is 9.88. The van der Waals surface area contributed by atoms with Crippen molar-refractivity contribution in [2.24, 2.45) is 11.8 Å². The van der Waals surface area contributed by atoms with Gasteiger partial charge in [0.1, 0.15) is 0 Å². The van der Waals surface area contributed by atoms with E-state index in [1.807, 2.05) is 6.92 Å². The average molecular weight is 298 g/mol. The van der Waals surface area contributed by atoms with Crippen LogP contribution in [0.25, 0.3) is 0 Å². The van der Waals surface area contributed by atoms with Crippen molar-refractivity contribution in [2.45, 2.75) is 71.9 Å². The zero-order chi connectivity index (χ0) is 15.8. The molecule has 0 aromatic rings. The second kappa shape index (κ2) is 9.42. The van der Waals surface area contributed by atoms with Gasteiger partial charge in [0.25, 0.3) is 0 Å². The lowest BCUT2D eigenvalue weighted by molar-refractivity contribution is -0.123. The van der Waals surface area contributed by atoms with Gasteiger partial charge in [0.15, 0.2) is 0 Å². The van der Waals surface area contributed by atoms with Crippen LogP contribution in [0.2, 0.25) is 0 Å². The highest BCUT2D eigenvalue weighted by molar-refractivity contribution is 5.78. The molecule has 2 unspecified atom stereocenters. The Kier molecular flexibility index (Phi) is 8.27. The molecular formula is C17H34N2O2. The van der Waals surface area contributed by atoms with E-state index in [4.69, 9.17) is 0 Å². The number of carbonyl (C=O) groups excluding carboxylic acids is 1. The molecule has 1 aliphatic rings. The SMILES string of the molecule is CC(C)CCCC(C)NC(=O)CN1CCC(C(C)O)CC1. The Labute approximate surface area is 130 Å². The summed E-state index contributed by atoms with van der Waals surface area (Å²) in [5, 5.41) is 12.7. The molecule has 0 aliphatic carbocycles. The quantitative estimate of drug-likeness (QED) is 0.723. The van der Waals surface area contributed by atoms with E-state index in [1.54, 1.807) is 0 Å². The molecule has 4 heteroatoms. The third kappa shape index (κ3) is 7.82. The highest BCUT2D eigenvalue weighted by Crippen LogP contribution is 2.20. The predicted octanol–water partition coefficient (Wildman–Crippen LogP) is 2.41. The first-order valence-corrected chi connectivity index (χ1v) is 8.58. The van der Waals surface area contributed by atoms with Crippen molar-refractivity contribution in [1.82, 2.24) is 10.2 Å². The number of nitrogens with zero attached hydrogens (tertiary/aromatic N) is 1. The van der Waals surface area contributed by atoms with E-state index < -0.39 is 0 Å². The zero-order valence-electron chi connectivity index (χ0n) is 14.3. The lowest BCUT2D eigenvalue weighted by atomic mass is 9.92. The van der Waals surface area contributed by atoms with Gasteiger partial charge in [-0.05, 0) is 58.0 Å². The van der Waals surface area contributed by atoms with Crippen molar-refractivity contribution in [3.05, 3.63) is 0 Å². The van der Waals surface area contributed by atoms with E-state index in [9.17, 15) is 9.90 Å². The van der Waals surface area contributed by atoms with Gasteiger partial charge in [0, 0.05) is 6.04 Å². The van der Waals surface area contributed by atoms with E-state index >= 15 is 0 Å². The standard InChI is InChI=1S/C17H34N2O2/c1-13(2)6-5-7-14(3)18-17(21)12-19-10-8-16(9-11-19)15(4)20/h13-16,20H,5-12H2,1-4H3,(H,18,21). The number of aliphatic hydroxyl groups excluding tert-OH is 1. The smallest absolute Gasteiger partial charge is 0.234 e. The van der Waals surface area contributed by atoms with Crippen LogP contribution in [0, 0.1) is 11.8 Å². The Morgan fingerprint density at radius 3 is 2.33 bits per heavy atom. The molecule has 0 bridgehead atoms. The molecule has 1 saturated heterocycles. The van der Waals surface area contributed by atoms with Crippen LogP contribution in [0.3, 0.4) is 0 Å². The number of likely N-dealkylation sites (tertiary alicyclic amines) is 1. The Bertz CT molecular complexity index is 297. The van der Waals surface area contributed by atoms with Crippen molar-refractivity contribution >= 4 is 5.91 Å². The summed E-state index contributed by atoms with van der Waals surface area (Å²) in [5.74, 6) is 1.28. The molecule has 0 spiro atoms. The fourth-order valence-electron chi connectivity index (χ4n) is 3.02. The van der Waals surface area contributed by atoms with E-state index in [1.165, 1.54) is 12.8 Å². The number of hydrogen-bond acceptors (Lipinski definition) is 3. The van der Waals surface area contributed by atoms with Gasteiger partial charge >= 0.3 is 0 Å². The lowest BCUT2D eigenvalue weighted by Gasteiger charge is -2.33. The molecule has 0 aromatic heterocycles. The van der Waals surface area contributed by atoms with E-state index in [0.29, 0.717) is 12.5 Å². The molecule has 1 aliphatic heterocycles. The fraction of sp³-hybridized carbons (Fsp3) is 0.941. The Hall–Kier alpha value is -0.610. The summed E-state index contributed by atoms with van der Waals surface area (Å²) >= 11 is 0. The number of rotatable bonds is 8. The number of piperidine rings is 1. The fourth-order valence-corrected chi connectivity index (χ4v) is 3.02. The van der Waals surface area contributed by atoms with Gasteiger partial charge in [-0.1, -0.05) is 26.7 Å². The van der Waals surface area contributed by atoms with Crippen LogP contribution in [0.4, 0.5) is 0 Å². The Balaban J connectivity index is 2.16. The van der Waals surface area contributed by atoms with Gasteiger partial charge in [-0.2, -0.15) is 0 Å². The Morgan fingerprint density at radius 2 is 1.81 bits per heavy atom. The minimum absolute atomic E-state index is 0.141. The number of carbonyl (C=O) groups is 1. The molecule has 1 amide bonds. The van der Waals surface area contributed by atoms with Gasteiger partial charge in [0.05, 0.1) is 12.6 Å². The van der Waals surface area contributed by atoms with Crippen molar-refractivity contribution in [3.63, 3.8) is 0 Å². The van der Waals surface area contributed by atoms with Crippen molar-refractivity contribution in [1.29, 1.82) is 0 Å². The molecule has 1 rings (SSSR count). The van der Waals surface area contributed by atoms with E-state index in [-0.39, 0.29) is 18.1 Å². The summed E-state index contributed by atoms with van der Waals surface area (Å²) < 4.78 is 0. The predicted molar refractivity (Wildman–Crippen MR) is 87.1 cm³/mol. The van der Waals surface area contributed by atoms with Crippen molar-refractivity contribution < 1.29 is 9.90 Å². The van der Waals surface area contributed by atoms with Crippen LogP contribution in [0.15, 0.2) is 0 Å². The maximum Gasteiger partial charge on any atom is 0.234 e. The zero-order valence-corrected chi connectivity index (χ0v) is 14.3. The third-order valence-corrected chi connectivity index (χ3v) is 4.51. The molecule has 0 radical (unpaired) electrons. The molecule has 1 fully saturated rings. The largest absolute Gasteiger partial charge is 0.393 e. The molecule has 2 atom stereocenters. The summed E-state index contributed by atoms with van der Waals surface area (Å²) in [7, 11) is 0. The van der Waals surface area contributed by atoms with Gasteiger partial charge in [-0.25, -0.2) is 0 Å². The van der Waals surface area contributed by atoms with Crippen LogP contribution >= 0.6 is 0 Å². The molecule has 0 aromatic carbocycles. The lowest BCUT2D eigenvalue weighted by Crippen LogP contribution is -2.44. The number of hydrogen-bond donors (Lipinski definition) is 2. The topological polar surface area (TPSA) is 52.6 Å². The summed E-state index contributed by atoms with van der Waals surface area (Å²) in [5.41, 5.74) is 0. The molecule has 2 N–H and O–H groups in total. The number of amides is 1. The van der Waals surface area contributed by atoms with Crippen molar-refractivity contribution in [2.75, 3.05) is 19.6 Å². The van der Waals surface area contributed by atoms with Crippen LogP contribution in [0.5, 0.6) is 0 Å². The van der Waals surface area contributed by atoms with Crippen molar-refractivity contribution in [3.8, 4) is 0 Å². The summed E-state index contributed by atoms with van der Waals surface area (Å²) in [6.07, 6.45) is 5.24. The van der Waals surface area contributed by atoms with Crippen LogP contribution < -0.4 is 5.32 Å². The summed E-state index contributed by atoms with van der Waals surface area (Å²) in [6.45, 7) is 10.8. The first-order valence-electron chi connectivity index (χ1n) is 8.58. The van der Waals surface area contributed by atoms with Gasteiger partial charge in [0.2, 0.25) is 5.91 Å². The second-order valence-corrected chi connectivity index (χ2v) is 7.15. The summed E-state index contributed by atoms with van der Waals surface area (Å²) in [4.78, 5) is 14.2. The molecule has 0 saturated carbocycles. The first kappa shape index (κ1) is 18.4. The van der Waals surface area contributed by atoms with Gasteiger partial charge < -0.3 is 10.4 Å². The summed E-state index contributed by atoms with van der Waals surface area (Å²) in [6, 6.07) is 0.270. The van der Waals surface area contributed by atoms with Gasteiger partial charge in [-0.15, -0.1) is 0 Å². The number of nitrogens with one attached hydrogen (secondary N) is 1. The second-order valence-electron chi connectivity index (χ2n) is 7.15. The monoisotopic (exact) mass is 298 g/mol. The average Bonchev–Trinajstić information content (AvgIpc) is 2.38. The normalized spacial score (nSPS) is 20.5. The van der Waals surface area contributed by atoms with Crippen LogP contribution in [-0.4, -0.2) is 47.7 Å². The van der Waals surface area contributed by atoms with E-state index in [2.05, 4.69) is 31.0 Å².